The van der Waals surface area contributed by atoms with Gasteiger partial charge in [0.25, 0.3) is 0 Å². The van der Waals surface area contributed by atoms with Crippen LogP contribution in [-0.2, 0) is 0 Å². The second-order valence-electron chi connectivity index (χ2n) is 5.53. The standard InChI is InChI=1S/C16H21BrO/c1-11-9-14(17)10-12(2)16(11)15(18)8-7-13-5-3-4-6-13/h9-10,13H,3-8H2,1-2H3. The van der Waals surface area contributed by atoms with Gasteiger partial charge in [-0.2, -0.15) is 0 Å². The normalized spacial score (nSPS) is 16.2. The largest absolute Gasteiger partial charge is 0.294 e. The lowest BCUT2D eigenvalue weighted by Gasteiger charge is -2.12. The number of aryl methyl sites for hydroxylation is 2. The number of Topliss-reactive ketones (excluding diaryl/α,β-unsaturated/α-hetero) is 1. The van der Waals surface area contributed by atoms with Gasteiger partial charge in [0.05, 0.1) is 0 Å². The molecular formula is C16H21BrO. The third-order valence-corrected chi connectivity index (χ3v) is 4.49. The molecule has 2 rings (SSSR count). The summed E-state index contributed by atoms with van der Waals surface area (Å²) in [5, 5.41) is 0. The molecule has 1 fully saturated rings. The van der Waals surface area contributed by atoms with Gasteiger partial charge in [0, 0.05) is 16.5 Å². The maximum absolute atomic E-state index is 12.3. The molecule has 0 atom stereocenters. The fourth-order valence-corrected chi connectivity index (χ4v) is 3.80. The SMILES string of the molecule is Cc1cc(Br)cc(C)c1C(=O)CCC1CCCC1. The Morgan fingerprint density at radius 1 is 1.22 bits per heavy atom. The van der Waals surface area contributed by atoms with Gasteiger partial charge in [0.15, 0.2) is 5.78 Å². The van der Waals surface area contributed by atoms with E-state index in [1.54, 1.807) is 0 Å². The summed E-state index contributed by atoms with van der Waals surface area (Å²) in [7, 11) is 0. The molecule has 0 bridgehead atoms. The first-order valence-electron chi connectivity index (χ1n) is 6.88. The predicted molar refractivity (Wildman–Crippen MR) is 79.1 cm³/mol. The zero-order chi connectivity index (χ0) is 13.1. The zero-order valence-corrected chi connectivity index (χ0v) is 12.8. The van der Waals surface area contributed by atoms with Crippen molar-refractivity contribution in [2.24, 2.45) is 5.92 Å². The van der Waals surface area contributed by atoms with Crippen molar-refractivity contribution < 1.29 is 4.79 Å². The molecule has 1 aromatic carbocycles. The second kappa shape index (κ2) is 6.01. The van der Waals surface area contributed by atoms with Crippen LogP contribution in [0.25, 0.3) is 0 Å². The van der Waals surface area contributed by atoms with Crippen LogP contribution in [0.3, 0.4) is 0 Å². The molecule has 1 saturated carbocycles. The molecule has 0 saturated heterocycles. The van der Waals surface area contributed by atoms with Crippen molar-refractivity contribution in [1.82, 2.24) is 0 Å². The van der Waals surface area contributed by atoms with Crippen molar-refractivity contribution in [3.63, 3.8) is 0 Å². The third kappa shape index (κ3) is 3.23. The number of hydrogen-bond donors (Lipinski definition) is 0. The van der Waals surface area contributed by atoms with E-state index in [0.717, 1.165) is 33.5 Å². The molecular weight excluding hydrogens is 288 g/mol. The van der Waals surface area contributed by atoms with Crippen LogP contribution in [0, 0.1) is 19.8 Å². The second-order valence-corrected chi connectivity index (χ2v) is 6.44. The molecule has 0 unspecified atom stereocenters. The van der Waals surface area contributed by atoms with Crippen molar-refractivity contribution >= 4 is 21.7 Å². The van der Waals surface area contributed by atoms with Crippen LogP contribution in [-0.4, -0.2) is 5.78 Å². The Hall–Kier alpha value is -0.630. The Bertz CT molecular complexity index is 421. The van der Waals surface area contributed by atoms with Crippen LogP contribution >= 0.6 is 15.9 Å². The summed E-state index contributed by atoms with van der Waals surface area (Å²) in [5.74, 6) is 1.12. The van der Waals surface area contributed by atoms with Crippen LogP contribution in [0.2, 0.25) is 0 Å². The first-order valence-corrected chi connectivity index (χ1v) is 7.67. The van der Waals surface area contributed by atoms with Gasteiger partial charge in [-0.05, 0) is 49.4 Å². The van der Waals surface area contributed by atoms with E-state index >= 15 is 0 Å². The van der Waals surface area contributed by atoms with E-state index < -0.39 is 0 Å². The van der Waals surface area contributed by atoms with E-state index in [9.17, 15) is 4.79 Å². The summed E-state index contributed by atoms with van der Waals surface area (Å²) in [4.78, 5) is 12.3. The molecule has 0 aliphatic heterocycles. The van der Waals surface area contributed by atoms with Crippen LogP contribution in [0.1, 0.15) is 60.0 Å². The molecule has 98 valence electrons. The highest BCUT2D eigenvalue weighted by Crippen LogP contribution is 2.30. The van der Waals surface area contributed by atoms with Crippen molar-refractivity contribution in [2.45, 2.75) is 52.4 Å². The highest BCUT2D eigenvalue weighted by Gasteiger charge is 2.18. The van der Waals surface area contributed by atoms with E-state index in [0.29, 0.717) is 12.2 Å². The molecule has 1 aromatic rings. The number of benzene rings is 1. The highest BCUT2D eigenvalue weighted by atomic mass is 79.9. The number of carbonyl (C=O) groups excluding carboxylic acids is 1. The summed E-state index contributed by atoms with van der Waals surface area (Å²) in [6.45, 7) is 4.06. The Labute approximate surface area is 118 Å². The fourth-order valence-electron chi connectivity index (χ4n) is 3.11. The van der Waals surface area contributed by atoms with Gasteiger partial charge >= 0.3 is 0 Å². The summed E-state index contributed by atoms with van der Waals surface area (Å²) >= 11 is 3.48. The molecule has 2 heteroatoms. The van der Waals surface area contributed by atoms with Gasteiger partial charge < -0.3 is 0 Å². The van der Waals surface area contributed by atoms with Crippen LogP contribution < -0.4 is 0 Å². The average Bonchev–Trinajstić information content (AvgIpc) is 2.77. The minimum absolute atomic E-state index is 0.324. The van der Waals surface area contributed by atoms with E-state index in [-0.39, 0.29) is 0 Å². The molecule has 1 aliphatic carbocycles. The number of carbonyl (C=O) groups is 1. The molecule has 0 aromatic heterocycles. The molecule has 0 amide bonds. The first kappa shape index (κ1) is 13.8. The molecule has 1 nitrogen and oxygen atoms in total. The van der Waals surface area contributed by atoms with Crippen molar-refractivity contribution in [2.75, 3.05) is 0 Å². The number of hydrogen-bond acceptors (Lipinski definition) is 1. The maximum atomic E-state index is 12.3. The Morgan fingerprint density at radius 2 is 1.78 bits per heavy atom. The minimum Gasteiger partial charge on any atom is -0.294 e. The molecule has 0 radical (unpaired) electrons. The van der Waals surface area contributed by atoms with Gasteiger partial charge in [-0.1, -0.05) is 41.6 Å². The number of ketones is 1. The van der Waals surface area contributed by atoms with Gasteiger partial charge in [0.1, 0.15) is 0 Å². The number of rotatable bonds is 4. The lowest BCUT2D eigenvalue weighted by atomic mass is 9.93. The molecule has 0 N–H and O–H groups in total. The van der Waals surface area contributed by atoms with Crippen LogP contribution in [0.5, 0.6) is 0 Å². The number of halogens is 1. The molecule has 18 heavy (non-hydrogen) atoms. The van der Waals surface area contributed by atoms with Crippen molar-refractivity contribution in [3.05, 3.63) is 33.3 Å². The van der Waals surface area contributed by atoms with E-state index in [1.807, 2.05) is 26.0 Å². The van der Waals surface area contributed by atoms with Gasteiger partial charge in [-0.15, -0.1) is 0 Å². The van der Waals surface area contributed by atoms with Crippen LogP contribution in [0.4, 0.5) is 0 Å². The van der Waals surface area contributed by atoms with Crippen molar-refractivity contribution in [1.29, 1.82) is 0 Å². The Morgan fingerprint density at radius 3 is 2.33 bits per heavy atom. The highest BCUT2D eigenvalue weighted by molar-refractivity contribution is 9.10. The summed E-state index contributed by atoms with van der Waals surface area (Å²) in [6, 6.07) is 4.08. The van der Waals surface area contributed by atoms with E-state index in [1.165, 1.54) is 25.7 Å². The van der Waals surface area contributed by atoms with Crippen molar-refractivity contribution in [3.8, 4) is 0 Å². The Kier molecular flexibility index (Phi) is 4.60. The summed E-state index contributed by atoms with van der Waals surface area (Å²) in [6.07, 6.45) is 7.16. The fraction of sp³-hybridized carbons (Fsp3) is 0.562. The Balaban J connectivity index is 2.04. The van der Waals surface area contributed by atoms with Crippen LogP contribution in [0.15, 0.2) is 16.6 Å². The van der Waals surface area contributed by atoms with Gasteiger partial charge in [-0.3, -0.25) is 4.79 Å². The lowest BCUT2D eigenvalue weighted by Crippen LogP contribution is -2.07. The predicted octanol–water partition coefficient (Wildman–Crippen LogP) is 5.22. The molecule has 1 aliphatic rings. The lowest BCUT2D eigenvalue weighted by molar-refractivity contribution is 0.0972. The van der Waals surface area contributed by atoms with E-state index in [4.69, 9.17) is 0 Å². The average molecular weight is 309 g/mol. The van der Waals surface area contributed by atoms with E-state index in [2.05, 4.69) is 15.9 Å². The maximum Gasteiger partial charge on any atom is 0.163 e. The van der Waals surface area contributed by atoms with Gasteiger partial charge in [-0.25, -0.2) is 0 Å². The monoisotopic (exact) mass is 308 g/mol. The molecule has 0 heterocycles. The quantitative estimate of drug-likeness (QED) is 0.697. The molecule has 0 spiro atoms. The topological polar surface area (TPSA) is 17.1 Å². The summed E-state index contributed by atoms with van der Waals surface area (Å²) in [5.41, 5.74) is 3.13. The minimum atomic E-state index is 0.324. The first-order chi connectivity index (χ1) is 8.58. The smallest absolute Gasteiger partial charge is 0.163 e. The zero-order valence-electron chi connectivity index (χ0n) is 11.3. The third-order valence-electron chi connectivity index (χ3n) is 4.03. The van der Waals surface area contributed by atoms with Gasteiger partial charge in [0.2, 0.25) is 0 Å². The summed E-state index contributed by atoms with van der Waals surface area (Å²) < 4.78 is 1.06.